The molecular formula is C16H23NO4. The molecule has 0 saturated carbocycles. The Morgan fingerprint density at radius 3 is 2.33 bits per heavy atom. The number of benzene rings is 1. The molecular weight excluding hydrogens is 270 g/mol. The van der Waals surface area contributed by atoms with Gasteiger partial charge >= 0.3 is 12.1 Å². The van der Waals surface area contributed by atoms with Gasteiger partial charge < -0.3 is 14.8 Å². The van der Waals surface area contributed by atoms with Crippen LogP contribution in [0.15, 0.2) is 30.3 Å². The number of amides is 1. The van der Waals surface area contributed by atoms with Crippen LogP contribution in [0.3, 0.4) is 0 Å². The normalized spacial score (nSPS) is 12.4. The van der Waals surface area contributed by atoms with Gasteiger partial charge in [-0.15, -0.1) is 0 Å². The topological polar surface area (TPSA) is 64.6 Å². The third-order valence-electron chi connectivity index (χ3n) is 2.54. The average molecular weight is 293 g/mol. The second-order valence-electron chi connectivity index (χ2n) is 5.64. The van der Waals surface area contributed by atoms with E-state index in [2.05, 4.69) is 5.32 Å². The van der Waals surface area contributed by atoms with E-state index in [4.69, 9.17) is 9.47 Å². The lowest BCUT2D eigenvalue weighted by atomic mass is 10.1. The fourth-order valence-electron chi connectivity index (χ4n) is 1.74. The van der Waals surface area contributed by atoms with Gasteiger partial charge in [-0.1, -0.05) is 30.3 Å². The molecule has 5 heteroatoms. The highest BCUT2D eigenvalue weighted by molar-refractivity contribution is 5.81. The first kappa shape index (κ1) is 17.0. The zero-order chi connectivity index (χ0) is 15.9. The summed E-state index contributed by atoms with van der Waals surface area (Å²) in [6, 6.07) is 8.67. The van der Waals surface area contributed by atoms with Crippen LogP contribution in [0.4, 0.5) is 4.79 Å². The molecule has 116 valence electrons. The van der Waals surface area contributed by atoms with Crippen molar-refractivity contribution in [2.45, 2.75) is 45.8 Å². The second kappa shape index (κ2) is 7.67. The number of hydrogen-bond donors (Lipinski definition) is 1. The van der Waals surface area contributed by atoms with Crippen LogP contribution in [0.2, 0.25) is 0 Å². The monoisotopic (exact) mass is 293 g/mol. The van der Waals surface area contributed by atoms with E-state index in [0.717, 1.165) is 5.56 Å². The minimum Gasteiger partial charge on any atom is -0.464 e. The third-order valence-corrected chi connectivity index (χ3v) is 2.54. The van der Waals surface area contributed by atoms with Crippen LogP contribution >= 0.6 is 0 Å². The van der Waals surface area contributed by atoms with Crippen molar-refractivity contribution in [2.75, 3.05) is 6.61 Å². The van der Waals surface area contributed by atoms with Crippen molar-refractivity contribution in [3.05, 3.63) is 35.9 Å². The zero-order valence-corrected chi connectivity index (χ0v) is 13.0. The molecule has 0 aliphatic carbocycles. The van der Waals surface area contributed by atoms with Crippen molar-refractivity contribution >= 4 is 12.1 Å². The molecule has 1 aromatic rings. The smallest absolute Gasteiger partial charge is 0.408 e. The number of hydrogen-bond acceptors (Lipinski definition) is 4. The molecule has 0 aliphatic heterocycles. The largest absolute Gasteiger partial charge is 0.464 e. The molecule has 0 saturated heterocycles. The molecule has 1 amide bonds. The van der Waals surface area contributed by atoms with Crippen molar-refractivity contribution in [1.82, 2.24) is 5.32 Å². The summed E-state index contributed by atoms with van der Waals surface area (Å²) in [5.41, 5.74) is 0.322. The predicted octanol–water partition coefficient (Wildman–Crippen LogP) is 2.69. The number of nitrogens with one attached hydrogen (secondary N) is 1. The van der Waals surface area contributed by atoms with Crippen molar-refractivity contribution < 1.29 is 19.1 Å². The Balaban J connectivity index is 2.73. The van der Waals surface area contributed by atoms with Crippen LogP contribution in [0.1, 0.15) is 33.3 Å². The highest BCUT2D eigenvalue weighted by atomic mass is 16.6. The quantitative estimate of drug-likeness (QED) is 0.848. The Labute approximate surface area is 125 Å². The molecule has 0 aromatic heterocycles. The van der Waals surface area contributed by atoms with Gasteiger partial charge in [0.2, 0.25) is 0 Å². The maximum atomic E-state index is 12.0. The van der Waals surface area contributed by atoms with Gasteiger partial charge in [0.05, 0.1) is 6.61 Å². The van der Waals surface area contributed by atoms with Crippen LogP contribution in [0.5, 0.6) is 0 Å². The SMILES string of the molecule is CCOC(=O)[C@H](Cc1ccccc1)NC(=O)OC(C)(C)C. The Kier molecular flexibility index (Phi) is 6.21. The van der Waals surface area contributed by atoms with Gasteiger partial charge in [0.15, 0.2) is 0 Å². The summed E-state index contributed by atoms with van der Waals surface area (Å²) in [5, 5.41) is 2.57. The summed E-state index contributed by atoms with van der Waals surface area (Å²) in [5.74, 6) is -0.466. The number of rotatable bonds is 5. The summed E-state index contributed by atoms with van der Waals surface area (Å²) in [7, 11) is 0. The fraction of sp³-hybridized carbons (Fsp3) is 0.500. The highest BCUT2D eigenvalue weighted by Gasteiger charge is 2.25. The van der Waals surface area contributed by atoms with Crippen LogP contribution in [0, 0.1) is 0 Å². The van der Waals surface area contributed by atoms with Gasteiger partial charge in [0, 0.05) is 6.42 Å². The van der Waals surface area contributed by atoms with Gasteiger partial charge in [0.1, 0.15) is 11.6 Å². The molecule has 0 aliphatic rings. The van der Waals surface area contributed by atoms with Crippen LogP contribution in [-0.2, 0) is 20.7 Å². The van der Waals surface area contributed by atoms with Gasteiger partial charge in [-0.05, 0) is 33.3 Å². The van der Waals surface area contributed by atoms with E-state index in [-0.39, 0.29) is 6.61 Å². The molecule has 1 atom stereocenters. The summed E-state index contributed by atoms with van der Waals surface area (Å²) in [4.78, 5) is 23.8. The molecule has 1 aromatic carbocycles. The van der Waals surface area contributed by atoms with Gasteiger partial charge in [-0.25, -0.2) is 9.59 Å². The Bertz CT molecular complexity index is 465. The fourth-order valence-corrected chi connectivity index (χ4v) is 1.74. The molecule has 0 bridgehead atoms. The van der Waals surface area contributed by atoms with Gasteiger partial charge in [-0.2, -0.15) is 0 Å². The Morgan fingerprint density at radius 1 is 1.19 bits per heavy atom. The van der Waals surface area contributed by atoms with E-state index in [0.29, 0.717) is 6.42 Å². The lowest BCUT2D eigenvalue weighted by molar-refractivity contribution is -0.145. The van der Waals surface area contributed by atoms with E-state index < -0.39 is 23.7 Å². The third kappa shape index (κ3) is 6.79. The summed E-state index contributed by atoms with van der Waals surface area (Å²) >= 11 is 0. The Hall–Kier alpha value is -2.04. The average Bonchev–Trinajstić information content (AvgIpc) is 2.37. The van der Waals surface area contributed by atoms with Crippen molar-refractivity contribution in [3.63, 3.8) is 0 Å². The zero-order valence-electron chi connectivity index (χ0n) is 13.0. The molecule has 0 spiro atoms. The molecule has 21 heavy (non-hydrogen) atoms. The van der Waals surface area contributed by atoms with E-state index in [9.17, 15) is 9.59 Å². The predicted molar refractivity (Wildman–Crippen MR) is 79.9 cm³/mol. The van der Waals surface area contributed by atoms with Crippen LogP contribution in [0.25, 0.3) is 0 Å². The number of alkyl carbamates (subject to hydrolysis) is 1. The Morgan fingerprint density at radius 2 is 1.81 bits per heavy atom. The number of esters is 1. The second-order valence-corrected chi connectivity index (χ2v) is 5.64. The van der Waals surface area contributed by atoms with Gasteiger partial charge in [-0.3, -0.25) is 0 Å². The van der Waals surface area contributed by atoms with Crippen molar-refractivity contribution in [1.29, 1.82) is 0 Å². The van der Waals surface area contributed by atoms with E-state index in [1.807, 2.05) is 30.3 Å². The van der Waals surface area contributed by atoms with Crippen LogP contribution < -0.4 is 5.32 Å². The maximum Gasteiger partial charge on any atom is 0.408 e. The molecule has 1 rings (SSSR count). The first-order valence-corrected chi connectivity index (χ1v) is 7.02. The molecule has 0 fully saturated rings. The standard InChI is InChI=1S/C16H23NO4/c1-5-20-14(18)13(11-12-9-7-6-8-10-12)17-15(19)21-16(2,3)4/h6-10,13H,5,11H2,1-4H3,(H,17,19)/t13-/m0/s1. The molecule has 0 heterocycles. The van der Waals surface area contributed by atoms with E-state index >= 15 is 0 Å². The lowest BCUT2D eigenvalue weighted by Gasteiger charge is -2.23. The van der Waals surface area contributed by atoms with Gasteiger partial charge in [0.25, 0.3) is 0 Å². The van der Waals surface area contributed by atoms with E-state index in [1.54, 1.807) is 27.7 Å². The summed E-state index contributed by atoms with van der Waals surface area (Å²) in [6.07, 6.45) is -0.268. The van der Waals surface area contributed by atoms with E-state index in [1.165, 1.54) is 0 Å². The number of carbonyl (C=O) groups excluding carboxylic acids is 2. The lowest BCUT2D eigenvalue weighted by Crippen LogP contribution is -2.45. The summed E-state index contributed by atoms with van der Waals surface area (Å²) in [6.45, 7) is 7.29. The first-order valence-electron chi connectivity index (χ1n) is 7.02. The number of carbonyl (C=O) groups is 2. The maximum absolute atomic E-state index is 12.0. The molecule has 1 N–H and O–H groups in total. The highest BCUT2D eigenvalue weighted by Crippen LogP contribution is 2.09. The minimum absolute atomic E-state index is 0.264. The first-order chi connectivity index (χ1) is 9.81. The van der Waals surface area contributed by atoms with Crippen molar-refractivity contribution in [2.24, 2.45) is 0 Å². The molecule has 0 unspecified atom stereocenters. The number of ether oxygens (including phenoxy) is 2. The van der Waals surface area contributed by atoms with Crippen LogP contribution in [-0.4, -0.2) is 30.3 Å². The minimum atomic E-state index is -0.762. The summed E-state index contributed by atoms with van der Waals surface area (Å²) < 4.78 is 10.2. The van der Waals surface area contributed by atoms with Crippen molar-refractivity contribution in [3.8, 4) is 0 Å². The molecule has 0 radical (unpaired) electrons. The molecule has 5 nitrogen and oxygen atoms in total.